The number of guanidine groups is 3. The van der Waals surface area contributed by atoms with Gasteiger partial charge < -0.3 is 146 Å². The molecule has 37 N–H and O–H groups in total. The van der Waals surface area contributed by atoms with Crippen molar-refractivity contribution in [2.45, 2.75) is 247 Å². The van der Waals surface area contributed by atoms with Crippen LogP contribution >= 0.6 is 0 Å². The Morgan fingerprint density at radius 2 is 0.514 bits per heavy atom. The van der Waals surface area contributed by atoms with Crippen molar-refractivity contribution in [1.29, 1.82) is 0 Å². The van der Waals surface area contributed by atoms with Gasteiger partial charge >= 0.3 is 29.8 Å². The van der Waals surface area contributed by atoms with Crippen LogP contribution in [0.3, 0.4) is 0 Å². The lowest BCUT2D eigenvalue weighted by molar-refractivity contribution is -0.143. The second-order valence-electron chi connectivity index (χ2n) is 26.4. The number of carbonyl (C=O) groups excluding carboxylic acids is 11. The Kier molecular flexibility index (Phi) is 50.1. The molecule has 0 aromatic heterocycles. The van der Waals surface area contributed by atoms with E-state index in [1.54, 1.807) is 0 Å². The van der Waals surface area contributed by atoms with Gasteiger partial charge in [0.05, 0.1) is 12.1 Å². The molecule has 111 heavy (non-hydrogen) atoms. The van der Waals surface area contributed by atoms with Crippen molar-refractivity contribution in [3.8, 4) is 0 Å². The number of carboxylic acid groups (broad SMARTS) is 5. The van der Waals surface area contributed by atoms with Crippen molar-refractivity contribution in [2.24, 2.45) is 78.2 Å². The molecule has 13 atom stereocenters. The maximum absolute atomic E-state index is 14.5. The topological polar surface area (TPSA) is 824 Å². The molecule has 0 aliphatic rings. The summed E-state index contributed by atoms with van der Waals surface area (Å²) in [5, 5.41) is 85.4. The minimum Gasteiger partial charge on any atom is -0.481 e. The number of nitrogens with two attached hydrogens (primary N) is 10. The standard InChI is InChI=1S/C65H118N24O22/c1-33(2)49(60(108)86-42(20-24-46(93)94)58(106)83-40(18-12-32-78-65(74)75)54(102)84-41(19-23-45(91)92)57(105)80-37(15-6-9-29-68)56(104)87-44(62(110)111)22-26-48(97)98)88-61(109)50(34(3)90)89-59(107)43(21-25-47(95)96)85-55(103)39(17-11-31-77-64(72)73)82-53(101)38(16-10-30-76-63(70)71)81-52(100)36(14-5-8-28-67)79-51(99)35(69)13-4-7-27-66/h33-44,49-50,90H,4-32,66-69H2,1-3H3,(H,79,99)(H,80,105)(H,81,100)(H,82,101)(H,83,106)(H,84,102)(H,85,103)(H,86,108)(H,87,104)(H,88,109)(H,89,107)(H,91,92)(H,93,94)(H,95,96)(H,97,98)(H,110,111)(H4,70,71,76)(H4,72,73,77)(H4,74,75,78)/t34-,35+,36+,37+,38+,39+,40+,41+,42+,43+,44+,49+,50+/m1/s1. The number of carbonyl (C=O) groups is 16. The number of amides is 11. The van der Waals surface area contributed by atoms with Gasteiger partial charge in [0.15, 0.2) is 17.9 Å². The maximum atomic E-state index is 14.5. The molecular weight excluding hydrogens is 1470 g/mol. The smallest absolute Gasteiger partial charge is 0.326 e. The molecular formula is C65H118N24O22. The van der Waals surface area contributed by atoms with Crippen LogP contribution in [0.1, 0.15) is 168 Å². The zero-order valence-electron chi connectivity index (χ0n) is 62.9. The molecule has 0 aliphatic heterocycles. The first kappa shape index (κ1) is 100. The lowest BCUT2D eigenvalue weighted by Crippen LogP contribution is -2.62. The van der Waals surface area contributed by atoms with E-state index in [1.165, 1.54) is 13.8 Å². The van der Waals surface area contributed by atoms with E-state index < -0.39 is 243 Å². The predicted molar refractivity (Wildman–Crippen MR) is 399 cm³/mol. The lowest BCUT2D eigenvalue weighted by Gasteiger charge is -2.30. The van der Waals surface area contributed by atoms with Crippen LogP contribution in [0.2, 0.25) is 0 Å². The SMILES string of the molecule is CC(C)[C@H](NC(=O)[C@@H](NC(=O)[C@H](CCC(=O)O)NC(=O)[C@H](CCCN=C(N)N)NC(=O)[C@H](CCCN=C(N)N)NC(=O)[C@H](CCCCN)NC(=O)[C@@H](N)CCCCN)[C@@H](C)O)C(=O)N[C@@H](CCC(=O)O)C(=O)N[C@@H](CCCN=C(N)N)C(=O)N[C@@H](CCC(=O)O)C(=O)N[C@@H](CCCCN)C(=O)N[C@@H](CCC(=O)O)C(=O)O. The highest BCUT2D eigenvalue weighted by Crippen LogP contribution is 2.14. The van der Waals surface area contributed by atoms with Crippen LogP contribution in [0.15, 0.2) is 15.0 Å². The highest BCUT2D eigenvalue weighted by molar-refractivity contribution is 6.00. The second-order valence-corrected chi connectivity index (χ2v) is 26.4. The number of nitrogens with zero attached hydrogens (tertiary/aromatic N) is 3. The van der Waals surface area contributed by atoms with Crippen molar-refractivity contribution < 1.29 is 107 Å². The fraction of sp³-hybridized carbons (Fsp3) is 0.708. The third kappa shape index (κ3) is 44.4. The Balaban J connectivity index is 7.45. The number of hydrogen-bond acceptors (Lipinski definition) is 24. The molecule has 46 nitrogen and oxygen atoms in total. The van der Waals surface area contributed by atoms with Crippen LogP contribution in [0.5, 0.6) is 0 Å². The number of carboxylic acids is 5. The molecule has 0 unspecified atom stereocenters. The Bertz CT molecular complexity index is 3150. The fourth-order valence-electron chi connectivity index (χ4n) is 10.5. The fourth-order valence-corrected chi connectivity index (χ4v) is 10.5. The monoisotopic (exact) mass is 1590 g/mol. The summed E-state index contributed by atoms with van der Waals surface area (Å²) in [6.45, 7) is 4.14. The average Bonchev–Trinajstić information content (AvgIpc) is 0.897. The third-order valence-corrected chi connectivity index (χ3v) is 16.6. The van der Waals surface area contributed by atoms with E-state index in [9.17, 15) is 102 Å². The lowest BCUT2D eigenvalue weighted by atomic mass is 10.0. The number of aliphatic carboxylic acids is 5. The van der Waals surface area contributed by atoms with Gasteiger partial charge in [-0.05, 0) is 148 Å². The first-order valence-corrected chi connectivity index (χ1v) is 36.3. The van der Waals surface area contributed by atoms with E-state index in [0.29, 0.717) is 32.2 Å². The molecule has 11 amide bonds. The van der Waals surface area contributed by atoms with E-state index >= 15 is 0 Å². The van der Waals surface area contributed by atoms with Gasteiger partial charge in [-0.3, -0.25) is 86.9 Å². The molecule has 0 heterocycles. The number of nitrogens with one attached hydrogen (secondary N) is 11. The molecule has 630 valence electrons. The summed E-state index contributed by atoms with van der Waals surface area (Å²) in [6.07, 6.45) is -6.26. The molecule has 0 saturated heterocycles. The summed E-state index contributed by atoms with van der Waals surface area (Å²) in [7, 11) is 0. The summed E-state index contributed by atoms with van der Waals surface area (Å²) < 4.78 is 0. The molecule has 0 bridgehead atoms. The van der Waals surface area contributed by atoms with Crippen molar-refractivity contribution in [3.63, 3.8) is 0 Å². The highest BCUT2D eigenvalue weighted by atomic mass is 16.4. The van der Waals surface area contributed by atoms with Crippen molar-refractivity contribution in [2.75, 3.05) is 39.3 Å². The maximum Gasteiger partial charge on any atom is 0.326 e. The van der Waals surface area contributed by atoms with Gasteiger partial charge in [0.2, 0.25) is 65.0 Å². The molecule has 0 spiro atoms. The van der Waals surface area contributed by atoms with Crippen LogP contribution in [0, 0.1) is 5.92 Å². The van der Waals surface area contributed by atoms with Gasteiger partial charge in [-0.1, -0.05) is 20.3 Å². The number of unbranched alkanes of at least 4 members (excludes halogenated alkanes) is 3. The largest absolute Gasteiger partial charge is 0.481 e. The number of hydrogen-bond donors (Lipinski definition) is 27. The van der Waals surface area contributed by atoms with E-state index in [0.717, 1.165) is 6.92 Å². The number of aliphatic imine (C=N–C) groups is 3. The molecule has 0 rings (SSSR count). The summed E-state index contributed by atoms with van der Waals surface area (Å²) in [5.74, 6) is -21.7. The zero-order chi connectivity index (χ0) is 84.5. The first-order valence-electron chi connectivity index (χ1n) is 36.3. The van der Waals surface area contributed by atoms with E-state index in [-0.39, 0.29) is 109 Å². The van der Waals surface area contributed by atoms with Crippen LogP contribution in [0.25, 0.3) is 0 Å². The van der Waals surface area contributed by atoms with E-state index in [2.05, 4.69) is 73.5 Å². The molecule has 0 aromatic carbocycles. The first-order chi connectivity index (χ1) is 52.2. The van der Waals surface area contributed by atoms with Crippen LogP contribution in [0.4, 0.5) is 0 Å². The summed E-state index contributed by atoms with van der Waals surface area (Å²) >= 11 is 0. The van der Waals surface area contributed by atoms with Gasteiger partial charge in [-0.15, -0.1) is 0 Å². The molecule has 46 heteroatoms. The van der Waals surface area contributed by atoms with E-state index in [4.69, 9.17) is 62.4 Å². The van der Waals surface area contributed by atoms with E-state index in [1.807, 2.05) is 0 Å². The Morgan fingerprint density at radius 3 is 0.775 bits per heavy atom. The van der Waals surface area contributed by atoms with Gasteiger partial charge in [0.25, 0.3) is 0 Å². The molecule has 0 radical (unpaired) electrons. The quantitative estimate of drug-likeness (QED) is 0.0153. The Labute approximate surface area is 641 Å². The van der Waals surface area contributed by atoms with Crippen LogP contribution < -0.4 is 116 Å². The minimum atomic E-state index is -2.06. The summed E-state index contributed by atoms with van der Waals surface area (Å²) in [4.78, 5) is 227. The average molecular weight is 1590 g/mol. The van der Waals surface area contributed by atoms with Gasteiger partial charge in [-0.2, -0.15) is 0 Å². The number of aliphatic hydroxyl groups excluding tert-OH is 1. The molecule has 0 fully saturated rings. The van der Waals surface area contributed by atoms with Crippen molar-refractivity contribution >= 4 is 113 Å². The Hall–Kier alpha value is -10.9. The van der Waals surface area contributed by atoms with Crippen molar-refractivity contribution in [1.82, 2.24) is 58.5 Å². The predicted octanol–water partition coefficient (Wildman–Crippen LogP) is -9.23. The van der Waals surface area contributed by atoms with Gasteiger partial charge in [-0.25, -0.2) is 4.79 Å². The zero-order valence-corrected chi connectivity index (χ0v) is 62.9. The molecule has 0 aromatic rings. The molecule has 0 aliphatic carbocycles. The van der Waals surface area contributed by atoms with Crippen LogP contribution in [-0.2, 0) is 76.7 Å². The van der Waals surface area contributed by atoms with Crippen molar-refractivity contribution in [3.05, 3.63) is 0 Å². The highest BCUT2D eigenvalue weighted by Gasteiger charge is 2.39. The van der Waals surface area contributed by atoms with Crippen LogP contribution in [-0.4, -0.2) is 261 Å². The second kappa shape index (κ2) is 55.5. The normalized spacial score (nSPS) is 14.5. The van der Waals surface area contributed by atoms with Gasteiger partial charge in [0.1, 0.15) is 66.5 Å². The van der Waals surface area contributed by atoms with Gasteiger partial charge in [0, 0.05) is 45.3 Å². The molecule has 0 saturated carbocycles. The number of rotatable bonds is 61. The minimum absolute atomic E-state index is 0.0458. The summed E-state index contributed by atoms with van der Waals surface area (Å²) in [5.41, 5.74) is 56.1. The Morgan fingerprint density at radius 1 is 0.288 bits per heavy atom. The summed E-state index contributed by atoms with van der Waals surface area (Å²) in [6, 6.07) is -20.0. The number of aliphatic hydroxyl groups is 1. The third-order valence-electron chi connectivity index (χ3n) is 16.6.